The summed E-state index contributed by atoms with van der Waals surface area (Å²) in [5.41, 5.74) is 1.91. The lowest BCUT2D eigenvalue weighted by molar-refractivity contribution is -0.127. The van der Waals surface area contributed by atoms with Gasteiger partial charge in [-0.05, 0) is 48.7 Å². The van der Waals surface area contributed by atoms with Gasteiger partial charge in [-0.1, -0.05) is 35.8 Å². The van der Waals surface area contributed by atoms with Gasteiger partial charge in [-0.15, -0.1) is 0 Å². The van der Waals surface area contributed by atoms with E-state index in [-0.39, 0.29) is 11.8 Å². The normalized spacial score (nSPS) is 15.9. The van der Waals surface area contributed by atoms with E-state index in [0.717, 1.165) is 24.0 Å². The van der Waals surface area contributed by atoms with Crippen LogP contribution >= 0.6 is 11.6 Å². The van der Waals surface area contributed by atoms with Gasteiger partial charge in [0.05, 0.1) is 19.6 Å². The predicted octanol–water partition coefficient (Wildman–Crippen LogP) is 4.75. The van der Waals surface area contributed by atoms with Crippen molar-refractivity contribution in [2.75, 3.05) is 26.8 Å². The standard InChI is InChI=1S/C24H26ClN3O4/c1-3-12-31-20-9-6-17(13-21(20)30-2)23-26-24(32-27-23)18-14-22(29)28(15-18)11-10-16-4-7-19(25)8-5-16/h4-9,13,18H,3,10-12,14-15H2,1-2H3. The van der Waals surface area contributed by atoms with Crippen LogP contribution in [0.4, 0.5) is 0 Å². The Balaban J connectivity index is 1.41. The van der Waals surface area contributed by atoms with Crippen molar-refractivity contribution < 1.29 is 18.8 Å². The first-order valence-electron chi connectivity index (χ1n) is 10.7. The highest BCUT2D eigenvalue weighted by Gasteiger charge is 2.34. The molecule has 32 heavy (non-hydrogen) atoms. The number of carbonyl (C=O) groups is 1. The van der Waals surface area contributed by atoms with Crippen LogP contribution in [0.25, 0.3) is 11.4 Å². The average molecular weight is 456 g/mol. The third-order valence-electron chi connectivity index (χ3n) is 5.47. The second kappa shape index (κ2) is 10.0. The number of ether oxygens (including phenoxy) is 2. The van der Waals surface area contributed by atoms with Crippen LogP contribution in [0.3, 0.4) is 0 Å². The highest BCUT2D eigenvalue weighted by molar-refractivity contribution is 6.30. The summed E-state index contributed by atoms with van der Waals surface area (Å²) in [4.78, 5) is 18.9. The molecule has 0 aliphatic carbocycles. The molecule has 0 saturated carbocycles. The molecule has 0 radical (unpaired) electrons. The minimum atomic E-state index is -0.108. The Morgan fingerprint density at radius 1 is 1.19 bits per heavy atom. The molecule has 1 aromatic heterocycles. The number of methoxy groups -OCH3 is 1. The molecule has 1 saturated heterocycles. The summed E-state index contributed by atoms with van der Waals surface area (Å²) in [5.74, 6) is 2.23. The molecule has 1 aliphatic rings. The van der Waals surface area contributed by atoms with Crippen LogP contribution in [0.15, 0.2) is 47.0 Å². The SMILES string of the molecule is CCCOc1ccc(-c2noc(C3CC(=O)N(CCc4ccc(Cl)cc4)C3)n2)cc1OC. The van der Waals surface area contributed by atoms with Crippen LogP contribution < -0.4 is 9.47 Å². The van der Waals surface area contributed by atoms with Crippen molar-refractivity contribution >= 4 is 17.5 Å². The summed E-state index contributed by atoms with van der Waals surface area (Å²) in [6.07, 6.45) is 2.06. The molecular weight excluding hydrogens is 430 g/mol. The molecular formula is C24H26ClN3O4. The summed E-state index contributed by atoms with van der Waals surface area (Å²) >= 11 is 5.94. The molecule has 0 spiro atoms. The van der Waals surface area contributed by atoms with Crippen molar-refractivity contribution in [2.24, 2.45) is 0 Å². The van der Waals surface area contributed by atoms with Crippen LogP contribution in [0, 0.1) is 0 Å². The zero-order chi connectivity index (χ0) is 22.5. The molecule has 1 fully saturated rings. The molecule has 1 unspecified atom stereocenters. The van der Waals surface area contributed by atoms with Crippen LogP contribution in [0.1, 0.15) is 37.1 Å². The van der Waals surface area contributed by atoms with Gasteiger partial charge < -0.3 is 18.9 Å². The van der Waals surface area contributed by atoms with Crippen LogP contribution in [0.2, 0.25) is 5.02 Å². The van der Waals surface area contributed by atoms with Crippen molar-refractivity contribution in [3.05, 3.63) is 58.9 Å². The largest absolute Gasteiger partial charge is 0.493 e. The van der Waals surface area contributed by atoms with Gasteiger partial charge in [-0.2, -0.15) is 4.98 Å². The van der Waals surface area contributed by atoms with E-state index in [4.69, 9.17) is 25.6 Å². The predicted molar refractivity (Wildman–Crippen MR) is 121 cm³/mol. The molecule has 2 aromatic carbocycles. The van der Waals surface area contributed by atoms with Crippen molar-refractivity contribution in [3.8, 4) is 22.9 Å². The first-order valence-corrected chi connectivity index (χ1v) is 11.1. The van der Waals surface area contributed by atoms with Crippen molar-refractivity contribution in [3.63, 3.8) is 0 Å². The van der Waals surface area contributed by atoms with Gasteiger partial charge in [-0.25, -0.2) is 0 Å². The first kappa shape index (κ1) is 22.1. The monoisotopic (exact) mass is 455 g/mol. The van der Waals surface area contributed by atoms with Gasteiger partial charge in [-0.3, -0.25) is 4.79 Å². The Morgan fingerprint density at radius 2 is 2.00 bits per heavy atom. The number of amides is 1. The first-order chi connectivity index (χ1) is 15.6. The van der Waals surface area contributed by atoms with E-state index < -0.39 is 0 Å². The molecule has 0 bridgehead atoms. The Hall–Kier alpha value is -3.06. The maximum Gasteiger partial charge on any atom is 0.232 e. The lowest BCUT2D eigenvalue weighted by atomic mass is 10.1. The third kappa shape index (κ3) is 5.05. The van der Waals surface area contributed by atoms with Gasteiger partial charge in [0.15, 0.2) is 11.5 Å². The van der Waals surface area contributed by atoms with Gasteiger partial charge in [0.25, 0.3) is 0 Å². The molecule has 0 N–H and O–H groups in total. The number of halogens is 1. The number of carbonyl (C=O) groups excluding carboxylic acids is 1. The maximum absolute atomic E-state index is 12.5. The van der Waals surface area contributed by atoms with E-state index in [9.17, 15) is 4.79 Å². The number of benzene rings is 2. The van der Waals surface area contributed by atoms with E-state index in [0.29, 0.717) is 54.4 Å². The summed E-state index contributed by atoms with van der Waals surface area (Å²) in [7, 11) is 1.60. The van der Waals surface area contributed by atoms with Crippen molar-refractivity contribution in [1.29, 1.82) is 0 Å². The Morgan fingerprint density at radius 3 is 2.75 bits per heavy atom. The van der Waals surface area contributed by atoms with E-state index >= 15 is 0 Å². The number of aromatic nitrogens is 2. The summed E-state index contributed by atoms with van der Waals surface area (Å²) < 4.78 is 16.7. The minimum Gasteiger partial charge on any atom is -0.493 e. The van der Waals surface area contributed by atoms with E-state index in [2.05, 4.69) is 10.1 Å². The second-order valence-corrected chi connectivity index (χ2v) is 8.22. The van der Waals surface area contributed by atoms with Crippen LogP contribution in [-0.4, -0.2) is 47.8 Å². The summed E-state index contributed by atoms with van der Waals surface area (Å²) in [6, 6.07) is 13.2. The molecule has 2 heterocycles. The van der Waals surface area contributed by atoms with Crippen molar-refractivity contribution in [2.45, 2.75) is 32.1 Å². The fraction of sp³-hybridized carbons (Fsp3) is 0.375. The maximum atomic E-state index is 12.5. The fourth-order valence-electron chi connectivity index (χ4n) is 3.73. The number of hydrogen-bond donors (Lipinski definition) is 0. The van der Waals surface area contributed by atoms with E-state index in [1.54, 1.807) is 7.11 Å². The lowest BCUT2D eigenvalue weighted by Crippen LogP contribution is -2.27. The number of rotatable bonds is 9. The van der Waals surface area contributed by atoms with Gasteiger partial charge in [0.1, 0.15) is 0 Å². The number of nitrogens with zero attached hydrogens (tertiary/aromatic N) is 3. The molecule has 1 atom stereocenters. The molecule has 4 rings (SSSR count). The van der Waals surface area contributed by atoms with Gasteiger partial charge >= 0.3 is 0 Å². The third-order valence-corrected chi connectivity index (χ3v) is 5.72. The van der Waals surface area contributed by atoms with Gasteiger partial charge in [0.2, 0.25) is 17.6 Å². The molecule has 3 aromatic rings. The Bertz CT molecular complexity index is 1070. The highest BCUT2D eigenvalue weighted by Crippen LogP contribution is 2.33. The second-order valence-electron chi connectivity index (χ2n) is 7.79. The molecule has 7 nitrogen and oxygen atoms in total. The molecule has 1 amide bonds. The minimum absolute atomic E-state index is 0.0998. The van der Waals surface area contributed by atoms with E-state index in [1.165, 1.54) is 0 Å². The summed E-state index contributed by atoms with van der Waals surface area (Å²) in [5, 5.41) is 4.83. The smallest absolute Gasteiger partial charge is 0.232 e. The van der Waals surface area contributed by atoms with Crippen molar-refractivity contribution in [1.82, 2.24) is 15.0 Å². The topological polar surface area (TPSA) is 77.7 Å². The molecule has 1 aliphatic heterocycles. The number of likely N-dealkylation sites (tertiary alicyclic amines) is 1. The highest BCUT2D eigenvalue weighted by atomic mass is 35.5. The quantitative estimate of drug-likeness (QED) is 0.463. The number of hydrogen-bond acceptors (Lipinski definition) is 6. The van der Waals surface area contributed by atoms with E-state index in [1.807, 2.05) is 54.3 Å². The lowest BCUT2D eigenvalue weighted by Gasteiger charge is -2.15. The zero-order valence-electron chi connectivity index (χ0n) is 18.2. The van der Waals surface area contributed by atoms with Crippen LogP contribution in [-0.2, 0) is 11.2 Å². The van der Waals surface area contributed by atoms with Crippen LogP contribution in [0.5, 0.6) is 11.5 Å². The Kier molecular flexibility index (Phi) is 6.95. The zero-order valence-corrected chi connectivity index (χ0v) is 19.0. The molecule has 8 heteroatoms. The average Bonchev–Trinajstić information content (AvgIpc) is 3.44. The molecule has 168 valence electrons. The fourth-order valence-corrected chi connectivity index (χ4v) is 3.85. The Labute approximate surface area is 192 Å². The summed E-state index contributed by atoms with van der Waals surface area (Å²) in [6.45, 7) is 3.89. The van der Waals surface area contributed by atoms with Gasteiger partial charge in [0, 0.05) is 30.1 Å².